The van der Waals surface area contributed by atoms with E-state index in [4.69, 9.17) is 9.57 Å². The Hall–Kier alpha value is -2.17. The van der Waals surface area contributed by atoms with Crippen LogP contribution in [0, 0.1) is 0 Å². The largest absolute Gasteiger partial charge is 0.372 e. The third-order valence-corrected chi connectivity index (χ3v) is 3.17. The topological polar surface area (TPSA) is 38.8 Å². The molecule has 1 atom stereocenters. The van der Waals surface area contributed by atoms with Gasteiger partial charge in [-0.1, -0.05) is 60.7 Å². The number of carbonyl (C=O) groups is 1. The summed E-state index contributed by atoms with van der Waals surface area (Å²) < 4.78 is 5.73. The van der Waals surface area contributed by atoms with Crippen molar-refractivity contribution in [3.63, 3.8) is 0 Å². The molecule has 0 fully saturated rings. The maximum Gasteiger partial charge on any atom is 0.233 e. The van der Waals surface area contributed by atoms with Crippen LogP contribution >= 0.6 is 0 Å². The van der Waals surface area contributed by atoms with E-state index in [1.54, 1.807) is 0 Å². The van der Waals surface area contributed by atoms with Crippen LogP contribution in [0.4, 0.5) is 0 Å². The van der Waals surface area contributed by atoms with Crippen molar-refractivity contribution in [2.45, 2.75) is 26.2 Å². The molecule has 4 nitrogen and oxygen atoms in total. The molecule has 22 heavy (non-hydrogen) atoms. The Balaban J connectivity index is 1.73. The molecule has 0 saturated heterocycles. The first-order valence-electron chi connectivity index (χ1n) is 7.32. The number of rotatable bonds is 9. The lowest BCUT2D eigenvalue weighted by molar-refractivity contribution is -0.186. The lowest BCUT2D eigenvalue weighted by Crippen LogP contribution is -2.31. The average molecular weight is 299 g/mol. The van der Waals surface area contributed by atoms with Gasteiger partial charge in [0.05, 0.1) is 19.3 Å². The average Bonchev–Trinajstić information content (AvgIpc) is 2.58. The molecule has 0 aliphatic carbocycles. The maximum absolute atomic E-state index is 11.1. The van der Waals surface area contributed by atoms with E-state index in [1.165, 1.54) is 5.06 Å². The summed E-state index contributed by atoms with van der Waals surface area (Å²) in [5.74, 6) is 0. The van der Waals surface area contributed by atoms with E-state index in [0.29, 0.717) is 26.2 Å². The maximum atomic E-state index is 11.1. The van der Waals surface area contributed by atoms with Gasteiger partial charge >= 0.3 is 0 Å². The van der Waals surface area contributed by atoms with Crippen LogP contribution in [0.3, 0.4) is 0 Å². The van der Waals surface area contributed by atoms with Crippen LogP contribution in [0.2, 0.25) is 0 Å². The van der Waals surface area contributed by atoms with Crippen LogP contribution in [0.25, 0.3) is 0 Å². The second-order valence-electron chi connectivity index (χ2n) is 5.07. The Morgan fingerprint density at radius 1 is 0.955 bits per heavy atom. The smallest absolute Gasteiger partial charge is 0.233 e. The highest BCUT2D eigenvalue weighted by atomic mass is 16.7. The minimum Gasteiger partial charge on any atom is -0.372 e. The Morgan fingerprint density at radius 2 is 1.50 bits per heavy atom. The third kappa shape index (κ3) is 5.68. The van der Waals surface area contributed by atoms with Crippen LogP contribution in [-0.2, 0) is 27.6 Å². The van der Waals surface area contributed by atoms with Crippen molar-refractivity contribution >= 4 is 6.41 Å². The SMILES string of the molecule is CC(CN(C=O)OCc1ccccc1)OCc1ccccc1. The molecule has 0 spiro atoms. The summed E-state index contributed by atoms with van der Waals surface area (Å²) in [7, 11) is 0. The number of benzene rings is 2. The lowest BCUT2D eigenvalue weighted by Gasteiger charge is -2.21. The molecule has 0 radical (unpaired) electrons. The second-order valence-corrected chi connectivity index (χ2v) is 5.07. The molecule has 4 heteroatoms. The highest BCUT2D eigenvalue weighted by Crippen LogP contribution is 2.06. The van der Waals surface area contributed by atoms with E-state index in [2.05, 4.69) is 0 Å². The Kier molecular flexibility index (Phi) is 6.61. The van der Waals surface area contributed by atoms with Crippen molar-refractivity contribution in [3.8, 4) is 0 Å². The molecule has 0 bridgehead atoms. The van der Waals surface area contributed by atoms with E-state index in [-0.39, 0.29) is 6.10 Å². The summed E-state index contributed by atoms with van der Waals surface area (Å²) in [5, 5.41) is 1.28. The second kappa shape index (κ2) is 8.97. The minimum absolute atomic E-state index is 0.110. The number of hydrogen-bond acceptors (Lipinski definition) is 3. The van der Waals surface area contributed by atoms with Gasteiger partial charge in [-0.3, -0.25) is 9.63 Å². The van der Waals surface area contributed by atoms with Crippen molar-refractivity contribution in [2.24, 2.45) is 0 Å². The Morgan fingerprint density at radius 3 is 2.05 bits per heavy atom. The number of amides is 1. The van der Waals surface area contributed by atoms with Gasteiger partial charge in [0.15, 0.2) is 0 Å². The molecule has 0 aromatic heterocycles. The highest BCUT2D eigenvalue weighted by Gasteiger charge is 2.10. The van der Waals surface area contributed by atoms with Gasteiger partial charge in [0.1, 0.15) is 6.61 Å². The highest BCUT2D eigenvalue weighted by molar-refractivity contribution is 5.45. The van der Waals surface area contributed by atoms with Gasteiger partial charge in [-0.15, -0.1) is 0 Å². The zero-order chi connectivity index (χ0) is 15.6. The van der Waals surface area contributed by atoms with Gasteiger partial charge in [-0.2, -0.15) is 0 Å². The summed E-state index contributed by atoms with van der Waals surface area (Å²) in [6.07, 6.45) is 0.576. The molecule has 0 heterocycles. The van der Waals surface area contributed by atoms with Crippen LogP contribution in [-0.4, -0.2) is 24.1 Å². The van der Waals surface area contributed by atoms with Crippen LogP contribution in [0.5, 0.6) is 0 Å². The zero-order valence-corrected chi connectivity index (χ0v) is 12.7. The summed E-state index contributed by atoms with van der Waals surface area (Å²) >= 11 is 0. The fourth-order valence-electron chi connectivity index (χ4n) is 1.98. The molecular formula is C18H21NO3. The molecular weight excluding hydrogens is 278 g/mol. The molecule has 1 unspecified atom stereocenters. The summed E-state index contributed by atoms with van der Waals surface area (Å²) in [6.45, 7) is 3.20. The zero-order valence-electron chi connectivity index (χ0n) is 12.7. The molecule has 0 N–H and O–H groups in total. The van der Waals surface area contributed by atoms with Crippen LogP contribution in [0.1, 0.15) is 18.1 Å². The van der Waals surface area contributed by atoms with Crippen molar-refractivity contribution in [1.82, 2.24) is 5.06 Å². The molecule has 0 aliphatic heterocycles. The minimum atomic E-state index is -0.110. The number of nitrogens with zero attached hydrogens (tertiary/aromatic N) is 1. The van der Waals surface area contributed by atoms with E-state index < -0.39 is 0 Å². The van der Waals surface area contributed by atoms with Gasteiger partial charge in [-0.25, -0.2) is 5.06 Å². The van der Waals surface area contributed by atoms with Gasteiger partial charge in [0.25, 0.3) is 0 Å². The summed E-state index contributed by atoms with van der Waals surface area (Å²) in [6, 6.07) is 19.7. The standard InChI is InChI=1S/C18H21NO3/c1-16(21-13-17-8-4-2-5-9-17)12-19(15-20)22-14-18-10-6-3-7-11-18/h2-11,15-16H,12-14H2,1H3. The third-order valence-electron chi connectivity index (χ3n) is 3.17. The fourth-order valence-corrected chi connectivity index (χ4v) is 1.98. The Bertz CT molecular complexity index is 545. The summed E-state index contributed by atoms with van der Waals surface area (Å²) in [5.41, 5.74) is 2.13. The van der Waals surface area contributed by atoms with Gasteiger partial charge < -0.3 is 4.74 Å². The molecule has 1 amide bonds. The van der Waals surface area contributed by atoms with Crippen LogP contribution in [0.15, 0.2) is 60.7 Å². The van der Waals surface area contributed by atoms with Crippen molar-refractivity contribution in [2.75, 3.05) is 6.54 Å². The first-order chi connectivity index (χ1) is 10.8. The first-order valence-corrected chi connectivity index (χ1v) is 7.32. The predicted octanol–water partition coefficient (Wildman–Crippen LogP) is 3.18. The van der Waals surface area contributed by atoms with Crippen LogP contribution < -0.4 is 0 Å². The molecule has 2 rings (SSSR count). The quantitative estimate of drug-likeness (QED) is 0.527. The summed E-state index contributed by atoms with van der Waals surface area (Å²) in [4.78, 5) is 16.6. The number of carbonyl (C=O) groups excluding carboxylic acids is 1. The van der Waals surface area contributed by atoms with E-state index >= 15 is 0 Å². The van der Waals surface area contributed by atoms with Crippen molar-refractivity contribution < 1.29 is 14.4 Å². The molecule has 2 aromatic carbocycles. The van der Waals surface area contributed by atoms with E-state index in [0.717, 1.165) is 11.1 Å². The van der Waals surface area contributed by atoms with Crippen molar-refractivity contribution in [3.05, 3.63) is 71.8 Å². The van der Waals surface area contributed by atoms with Gasteiger partial charge in [0.2, 0.25) is 6.41 Å². The van der Waals surface area contributed by atoms with Gasteiger partial charge in [-0.05, 0) is 18.1 Å². The molecule has 2 aromatic rings. The predicted molar refractivity (Wildman–Crippen MR) is 84.7 cm³/mol. The van der Waals surface area contributed by atoms with E-state index in [1.807, 2.05) is 67.6 Å². The van der Waals surface area contributed by atoms with Gasteiger partial charge in [0, 0.05) is 0 Å². The lowest BCUT2D eigenvalue weighted by atomic mass is 10.2. The Labute approximate surface area is 131 Å². The first kappa shape index (κ1) is 16.2. The molecule has 0 saturated carbocycles. The molecule has 116 valence electrons. The number of ether oxygens (including phenoxy) is 1. The molecule has 0 aliphatic rings. The normalized spacial score (nSPS) is 11.9. The van der Waals surface area contributed by atoms with E-state index in [9.17, 15) is 4.79 Å². The fraction of sp³-hybridized carbons (Fsp3) is 0.278. The monoisotopic (exact) mass is 299 g/mol. The van der Waals surface area contributed by atoms with Crippen molar-refractivity contribution in [1.29, 1.82) is 0 Å². The number of hydroxylamine groups is 2. The number of hydrogen-bond donors (Lipinski definition) is 0.